The quantitative estimate of drug-likeness (QED) is 0.476. The molecule has 7 nitrogen and oxygen atoms in total. The van der Waals surface area contributed by atoms with Crippen LogP contribution in [0.4, 0.5) is 11.6 Å². The largest absolute Gasteiger partial charge is 0.368 e. The van der Waals surface area contributed by atoms with Gasteiger partial charge in [0.2, 0.25) is 5.91 Å². The fraction of sp³-hybridized carbons (Fsp3) is 0.615. The van der Waals surface area contributed by atoms with Gasteiger partial charge in [0, 0.05) is 12.1 Å². The number of nitrogens with two attached hydrogens (primary N) is 2. The van der Waals surface area contributed by atoms with Gasteiger partial charge < -0.3 is 16.1 Å². The van der Waals surface area contributed by atoms with Crippen LogP contribution >= 0.6 is 0 Å². The first-order chi connectivity index (χ1) is 9.49. The van der Waals surface area contributed by atoms with Crippen molar-refractivity contribution >= 4 is 17.5 Å². The highest BCUT2D eigenvalue weighted by atomic mass is 16.1. The third-order valence-corrected chi connectivity index (χ3v) is 2.79. The number of primary amides is 1. The van der Waals surface area contributed by atoms with E-state index in [2.05, 4.69) is 36.2 Å². The van der Waals surface area contributed by atoms with Crippen molar-refractivity contribution in [2.45, 2.75) is 33.6 Å². The Morgan fingerprint density at radius 1 is 1.45 bits per heavy atom. The second-order valence-electron chi connectivity index (χ2n) is 5.16. The number of carbonyl (C=O) groups is 1. The summed E-state index contributed by atoms with van der Waals surface area (Å²) in [5, 5.41) is 0. The number of hydrazine groups is 1. The Hall–Kier alpha value is -1.89. The summed E-state index contributed by atoms with van der Waals surface area (Å²) in [6.45, 7) is 7.06. The first kappa shape index (κ1) is 16.2. The van der Waals surface area contributed by atoms with Crippen LogP contribution in [0.25, 0.3) is 0 Å². The van der Waals surface area contributed by atoms with E-state index in [4.69, 9.17) is 11.6 Å². The highest BCUT2D eigenvalue weighted by Gasteiger charge is 2.18. The van der Waals surface area contributed by atoms with Gasteiger partial charge in [-0.25, -0.2) is 15.8 Å². The van der Waals surface area contributed by atoms with Crippen LogP contribution in [0.5, 0.6) is 0 Å². The summed E-state index contributed by atoms with van der Waals surface area (Å²) in [4.78, 5) is 21.6. The van der Waals surface area contributed by atoms with Gasteiger partial charge in [0.15, 0.2) is 0 Å². The summed E-state index contributed by atoms with van der Waals surface area (Å²) < 4.78 is 0. The SMILES string of the molecule is CCCc1c(NN)ncnc1N(CC(N)=O)CC(C)C. The molecule has 0 radical (unpaired) electrons. The molecule has 0 bridgehead atoms. The Morgan fingerprint density at radius 2 is 2.15 bits per heavy atom. The second kappa shape index (κ2) is 7.64. The van der Waals surface area contributed by atoms with Crippen LogP contribution in [-0.2, 0) is 11.2 Å². The van der Waals surface area contributed by atoms with Gasteiger partial charge in [-0.1, -0.05) is 27.2 Å². The number of nitrogens with zero attached hydrogens (tertiary/aromatic N) is 3. The first-order valence-corrected chi connectivity index (χ1v) is 6.83. The molecule has 1 heterocycles. The Morgan fingerprint density at radius 3 is 2.65 bits per heavy atom. The van der Waals surface area contributed by atoms with E-state index in [0.29, 0.717) is 18.3 Å². The van der Waals surface area contributed by atoms with Crippen LogP contribution in [0.15, 0.2) is 6.33 Å². The van der Waals surface area contributed by atoms with Crippen LogP contribution in [0, 0.1) is 5.92 Å². The van der Waals surface area contributed by atoms with Crippen LogP contribution in [-0.4, -0.2) is 29.0 Å². The smallest absolute Gasteiger partial charge is 0.236 e. The average molecular weight is 280 g/mol. The molecule has 1 aromatic rings. The molecule has 1 rings (SSSR count). The molecule has 0 fully saturated rings. The van der Waals surface area contributed by atoms with Crippen molar-refractivity contribution in [3.63, 3.8) is 0 Å². The summed E-state index contributed by atoms with van der Waals surface area (Å²) in [5.41, 5.74) is 8.84. The Labute approximate surface area is 119 Å². The maximum atomic E-state index is 11.3. The number of hydrogen-bond donors (Lipinski definition) is 3. The molecule has 0 saturated carbocycles. The van der Waals surface area contributed by atoms with Gasteiger partial charge in [-0.2, -0.15) is 0 Å². The molecule has 20 heavy (non-hydrogen) atoms. The van der Waals surface area contributed by atoms with Gasteiger partial charge in [-0.15, -0.1) is 0 Å². The lowest BCUT2D eigenvalue weighted by atomic mass is 10.1. The monoisotopic (exact) mass is 280 g/mol. The zero-order valence-electron chi connectivity index (χ0n) is 12.4. The molecule has 0 aliphatic rings. The van der Waals surface area contributed by atoms with Crippen LogP contribution in [0.1, 0.15) is 32.8 Å². The molecular weight excluding hydrogens is 256 g/mol. The Balaban J connectivity index is 3.19. The van der Waals surface area contributed by atoms with E-state index in [9.17, 15) is 4.79 Å². The maximum Gasteiger partial charge on any atom is 0.236 e. The number of hydrogen-bond acceptors (Lipinski definition) is 6. The molecule has 0 aliphatic carbocycles. The number of aromatic nitrogens is 2. The van der Waals surface area contributed by atoms with Gasteiger partial charge in [0.25, 0.3) is 0 Å². The molecular formula is C13H24N6O. The van der Waals surface area contributed by atoms with E-state index in [1.165, 1.54) is 6.33 Å². The molecule has 7 heteroatoms. The Kier molecular flexibility index (Phi) is 6.17. The zero-order valence-corrected chi connectivity index (χ0v) is 12.4. The molecule has 0 unspecified atom stereocenters. The van der Waals surface area contributed by atoms with Gasteiger partial charge in [0.1, 0.15) is 18.0 Å². The normalized spacial score (nSPS) is 10.7. The Bertz CT molecular complexity index is 448. The maximum absolute atomic E-state index is 11.3. The number of rotatable bonds is 8. The van der Waals surface area contributed by atoms with Crippen molar-refractivity contribution in [3.8, 4) is 0 Å². The van der Waals surface area contributed by atoms with E-state index in [0.717, 1.165) is 24.2 Å². The van der Waals surface area contributed by atoms with Crippen LogP contribution in [0.2, 0.25) is 0 Å². The fourth-order valence-corrected chi connectivity index (χ4v) is 2.13. The van der Waals surface area contributed by atoms with Crippen LogP contribution < -0.4 is 21.9 Å². The zero-order chi connectivity index (χ0) is 15.1. The van der Waals surface area contributed by atoms with Gasteiger partial charge in [0.05, 0.1) is 6.54 Å². The molecule has 112 valence electrons. The molecule has 0 aromatic carbocycles. The van der Waals surface area contributed by atoms with Crippen molar-refractivity contribution < 1.29 is 4.79 Å². The standard InChI is InChI=1S/C13H24N6O/c1-4-5-10-12(18-15)16-8-17-13(10)19(6-9(2)3)7-11(14)20/h8-9H,4-7,15H2,1-3H3,(H2,14,20)(H,16,17,18). The molecule has 1 aromatic heterocycles. The molecule has 0 saturated heterocycles. The summed E-state index contributed by atoms with van der Waals surface area (Å²) in [5.74, 6) is 6.82. The number of anilines is 2. The molecule has 0 aliphatic heterocycles. The number of nitrogens with one attached hydrogen (secondary N) is 1. The van der Waals surface area contributed by atoms with Crippen molar-refractivity contribution in [3.05, 3.63) is 11.9 Å². The minimum Gasteiger partial charge on any atom is -0.368 e. The van der Waals surface area contributed by atoms with Crippen molar-refractivity contribution in [2.24, 2.45) is 17.5 Å². The first-order valence-electron chi connectivity index (χ1n) is 6.83. The van der Waals surface area contributed by atoms with E-state index in [1.54, 1.807) is 0 Å². The summed E-state index contributed by atoms with van der Waals surface area (Å²) in [6, 6.07) is 0. The predicted molar refractivity (Wildman–Crippen MR) is 80.1 cm³/mol. The number of nitrogen functional groups attached to an aromatic ring is 1. The lowest BCUT2D eigenvalue weighted by Gasteiger charge is -2.26. The van der Waals surface area contributed by atoms with Crippen molar-refractivity contribution in [1.82, 2.24) is 9.97 Å². The highest BCUT2D eigenvalue weighted by Crippen LogP contribution is 2.25. The lowest BCUT2D eigenvalue weighted by Crippen LogP contribution is -2.37. The molecule has 0 spiro atoms. The van der Waals surface area contributed by atoms with E-state index in [-0.39, 0.29) is 12.5 Å². The fourth-order valence-electron chi connectivity index (χ4n) is 2.13. The lowest BCUT2D eigenvalue weighted by molar-refractivity contribution is -0.116. The second-order valence-corrected chi connectivity index (χ2v) is 5.16. The van der Waals surface area contributed by atoms with Crippen LogP contribution in [0.3, 0.4) is 0 Å². The van der Waals surface area contributed by atoms with Gasteiger partial charge in [-0.3, -0.25) is 4.79 Å². The van der Waals surface area contributed by atoms with Gasteiger partial charge in [-0.05, 0) is 12.3 Å². The third kappa shape index (κ3) is 4.34. The highest BCUT2D eigenvalue weighted by molar-refractivity contribution is 5.79. The van der Waals surface area contributed by atoms with Gasteiger partial charge >= 0.3 is 0 Å². The van der Waals surface area contributed by atoms with Crippen molar-refractivity contribution in [2.75, 3.05) is 23.4 Å². The summed E-state index contributed by atoms with van der Waals surface area (Å²) in [7, 11) is 0. The minimum atomic E-state index is -0.381. The molecule has 5 N–H and O–H groups in total. The summed E-state index contributed by atoms with van der Waals surface area (Å²) in [6.07, 6.45) is 3.15. The third-order valence-electron chi connectivity index (χ3n) is 2.79. The van der Waals surface area contributed by atoms with Crippen molar-refractivity contribution in [1.29, 1.82) is 0 Å². The number of carbonyl (C=O) groups excluding carboxylic acids is 1. The topological polar surface area (TPSA) is 110 Å². The predicted octanol–water partition coefficient (Wildman–Crippen LogP) is 0.662. The van der Waals surface area contributed by atoms with E-state index in [1.807, 2.05) is 4.90 Å². The minimum absolute atomic E-state index is 0.135. The van der Waals surface area contributed by atoms with E-state index >= 15 is 0 Å². The average Bonchev–Trinajstić information content (AvgIpc) is 2.37. The molecule has 0 atom stereocenters. The summed E-state index contributed by atoms with van der Waals surface area (Å²) >= 11 is 0. The van der Waals surface area contributed by atoms with E-state index < -0.39 is 0 Å². The molecule has 1 amide bonds. The number of amides is 1.